The highest BCUT2D eigenvalue weighted by atomic mass is 16.6. The summed E-state index contributed by atoms with van der Waals surface area (Å²) in [6.45, 7) is 7.79. The molecule has 2 amide bonds. The molecule has 0 atom stereocenters. The first-order valence-corrected chi connectivity index (χ1v) is 9.36. The Labute approximate surface area is 156 Å². The summed E-state index contributed by atoms with van der Waals surface area (Å²) in [7, 11) is 1.78. The molecule has 144 valence electrons. The number of hydrogen-bond acceptors (Lipinski definition) is 4. The van der Waals surface area contributed by atoms with Gasteiger partial charge < -0.3 is 14.5 Å². The van der Waals surface area contributed by atoms with E-state index < -0.39 is 5.60 Å². The largest absolute Gasteiger partial charge is 0.444 e. The van der Waals surface area contributed by atoms with Gasteiger partial charge in [-0.15, -0.1) is 0 Å². The number of ether oxygens (including phenoxy) is 1. The predicted molar refractivity (Wildman–Crippen MR) is 101 cm³/mol. The average Bonchev–Trinajstić information content (AvgIpc) is 2.59. The molecule has 1 aliphatic rings. The van der Waals surface area contributed by atoms with Crippen molar-refractivity contribution >= 4 is 12.0 Å². The minimum Gasteiger partial charge on any atom is -0.444 e. The van der Waals surface area contributed by atoms with E-state index in [9.17, 15) is 9.59 Å². The van der Waals surface area contributed by atoms with Gasteiger partial charge in [-0.05, 0) is 58.1 Å². The van der Waals surface area contributed by atoms with E-state index in [2.05, 4.69) is 4.98 Å². The molecule has 0 spiro atoms. The fraction of sp³-hybridized carbons (Fsp3) is 0.650. The summed E-state index contributed by atoms with van der Waals surface area (Å²) in [6, 6.07) is 5.77. The first-order chi connectivity index (χ1) is 12.2. The van der Waals surface area contributed by atoms with Crippen molar-refractivity contribution < 1.29 is 14.3 Å². The number of piperidine rings is 1. The summed E-state index contributed by atoms with van der Waals surface area (Å²) in [4.78, 5) is 32.3. The maximum Gasteiger partial charge on any atom is 0.410 e. The second-order valence-corrected chi connectivity index (χ2v) is 8.01. The van der Waals surface area contributed by atoms with Crippen molar-refractivity contribution in [3.63, 3.8) is 0 Å². The van der Waals surface area contributed by atoms with Crippen LogP contribution in [0.25, 0.3) is 0 Å². The molecule has 1 fully saturated rings. The fourth-order valence-corrected chi connectivity index (χ4v) is 3.11. The van der Waals surface area contributed by atoms with Crippen molar-refractivity contribution in [2.75, 3.05) is 26.7 Å². The van der Waals surface area contributed by atoms with Crippen LogP contribution in [0, 0.1) is 5.92 Å². The van der Waals surface area contributed by atoms with Gasteiger partial charge in [0.05, 0.1) is 0 Å². The number of nitrogens with zero attached hydrogens (tertiary/aromatic N) is 3. The number of hydrogen-bond donors (Lipinski definition) is 0. The van der Waals surface area contributed by atoms with Crippen LogP contribution in [0.4, 0.5) is 4.79 Å². The lowest BCUT2D eigenvalue weighted by atomic mass is 9.96. The summed E-state index contributed by atoms with van der Waals surface area (Å²) in [5, 5.41) is 0. The Hall–Kier alpha value is -2.11. The lowest BCUT2D eigenvalue weighted by molar-refractivity contribution is -0.132. The molecule has 6 heteroatoms. The Balaban J connectivity index is 1.71. The molecule has 1 aromatic rings. The van der Waals surface area contributed by atoms with Gasteiger partial charge in [0, 0.05) is 45.0 Å². The molecular weight excluding hydrogens is 330 g/mol. The molecule has 2 heterocycles. The fourth-order valence-electron chi connectivity index (χ4n) is 3.11. The number of amides is 2. The van der Waals surface area contributed by atoms with E-state index in [1.165, 1.54) is 0 Å². The van der Waals surface area contributed by atoms with Crippen molar-refractivity contribution in [1.29, 1.82) is 0 Å². The predicted octanol–water partition coefficient (Wildman–Crippen LogP) is 3.12. The van der Waals surface area contributed by atoms with Crippen LogP contribution in [0.1, 0.15) is 45.7 Å². The molecule has 0 unspecified atom stereocenters. The minimum atomic E-state index is -0.477. The Kier molecular flexibility index (Phi) is 7.00. The highest BCUT2D eigenvalue weighted by Gasteiger charge is 2.26. The van der Waals surface area contributed by atoms with Crippen LogP contribution < -0.4 is 0 Å². The molecule has 6 nitrogen and oxygen atoms in total. The van der Waals surface area contributed by atoms with Gasteiger partial charge in [0.1, 0.15) is 5.60 Å². The Morgan fingerprint density at radius 2 is 1.96 bits per heavy atom. The van der Waals surface area contributed by atoms with Crippen LogP contribution in [-0.2, 0) is 16.0 Å². The molecule has 1 saturated heterocycles. The number of pyridine rings is 1. The van der Waals surface area contributed by atoms with E-state index >= 15 is 0 Å². The normalized spacial score (nSPS) is 15.6. The highest BCUT2D eigenvalue weighted by Crippen LogP contribution is 2.20. The minimum absolute atomic E-state index is 0.189. The van der Waals surface area contributed by atoms with E-state index in [1.54, 1.807) is 18.1 Å². The number of carbonyl (C=O) groups excluding carboxylic acids is 2. The van der Waals surface area contributed by atoms with Crippen molar-refractivity contribution in [3.8, 4) is 0 Å². The van der Waals surface area contributed by atoms with Crippen LogP contribution in [0.5, 0.6) is 0 Å². The molecule has 0 bridgehead atoms. The standard InChI is InChI=1S/C20H31N3O3/c1-20(2,3)26-19(25)22(4)15-16-10-13-23(14-11-16)18(24)9-8-17-7-5-6-12-21-17/h5-7,12,16H,8-11,13-15H2,1-4H3. The maximum atomic E-state index is 12.4. The second kappa shape index (κ2) is 9.01. The van der Waals surface area contributed by atoms with E-state index in [-0.39, 0.29) is 12.0 Å². The van der Waals surface area contributed by atoms with Crippen LogP contribution in [0.15, 0.2) is 24.4 Å². The van der Waals surface area contributed by atoms with Crippen molar-refractivity contribution in [3.05, 3.63) is 30.1 Å². The number of likely N-dealkylation sites (tertiary alicyclic amines) is 1. The third-order valence-electron chi connectivity index (χ3n) is 4.53. The molecule has 0 radical (unpaired) electrons. The third-order valence-corrected chi connectivity index (χ3v) is 4.53. The zero-order valence-electron chi connectivity index (χ0n) is 16.4. The summed E-state index contributed by atoms with van der Waals surface area (Å²) in [5.74, 6) is 0.599. The maximum absolute atomic E-state index is 12.4. The Morgan fingerprint density at radius 3 is 2.54 bits per heavy atom. The van der Waals surface area contributed by atoms with Crippen LogP contribution in [-0.4, -0.2) is 59.1 Å². The van der Waals surface area contributed by atoms with Gasteiger partial charge >= 0.3 is 6.09 Å². The number of carbonyl (C=O) groups is 2. The van der Waals surface area contributed by atoms with Gasteiger partial charge in [0.15, 0.2) is 0 Å². The average molecular weight is 361 g/mol. The molecule has 0 aromatic carbocycles. The zero-order valence-corrected chi connectivity index (χ0v) is 16.4. The van der Waals surface area contributed by atoms with Crippen molar-refractivity contribution in [2.45, 2.75) is 52.1 Å². The molecule has 2 rings (SSSR count). The van der Waals surface area contributed by atoms with Gasteiger partial charge in [-0.25, -0.2) is 4.79 Å². The van der Waals surface area contributed by atoms with E-state index in [1.807, 2.05) is 43.9 Å². The molecule has 26 heavy (non-hydrogen) atoms. The monoisotopic (exact) mass is 361 g/mol. The highest BCUT2D eigenvalue weighted by molar-refractivity contribution is 5.76. The first-order valence-electron chi connectivity index (χ1n) is 9.36. The van der Waals surface area contributed by atoms with E-state index in [0.29, 0.717) is 25.3 Å². The zero-order chi connectivity index (χ0) is 19.2. The van der Waals surface area contributed by atoms with Crippen LogP contribution in [0.3, 0.4) is 0 Å². The van der Waals surface area contributed by atoms with Gasteiger partial charge in [-0.2, -0.15) is 0 Å². The lowest BCUT2D eigenvalue weighted by Gasteiger charge is -2.34. The number of aryl methyl sites for hydroxylation is 1. The Morgan fingerprint density at radius 1 is 1.27 bits per heavy atom. The molecule has 0 N–H and O–H groups in total. The number of aromatic nitrogens is 1. The van der Waals surface area contributed by atoms with Gasteiger partial charge in [-0.1, -0.05) is 6.07 Å². The first kappa shape index (κ1) is 20.2. The SMILES string of the molecule is CN(CC1CCN(C(=O)CCc2ccccn2)CC1)C(=O)OC(C)(C)C. The smallest absolute Gasteiger partial charge is 0.410 e. The molecule has 1 aromatic heterocycles. The molecular formula is C20H31N3O3. The van der Waals surface area contributed by atoms with E-state index in [4.69, 9.17) is 4.74 Å². The van der Waals surface area contributed by atoms with Crippen LogP contribution in [0.2, 0.25) is 0 Å². The van der Waals surface area contributed by atoms with Crippen LogP contribution >= 0.6 is 0 Å². The van der Waals surface area contributed by atoms with Gasteiger partial charge in [0.25, 0.3) is 0 Å². The summed E-state index contributed by atoms with van der Waals surface area (Å²) >= 11 is 0. The van der Waals surface area contributed by atoms with Gasteiger partial charge in [0.2, 0.25) is 5.91 Å². The third kappa shape index (κ3) is 6.65. The van der Waals surface area contributed by atoms with Gasteiger partial charge in [-0.3, -0.25) is 9.78 Å². The summed E-state index contributed by atoms with van der Waals surface area (Å²) in [5.41, 5.74) is 0.476. The molecule has 0 aliphatic carbocycles. The summed E-state index contributed by atoms with van der Waals surface area (Å²) < 4.78 is 5.39. The Bertz CT molecular complexity index is 590. The molecule has 0 saturated carbocycles. The van der Waals surface area contributed by atoms with Crippen molar-refractivity contribution in [1.82, 2.24) is 14.8 Å². The molecule has 1 aliphatic heterocycles. The number of rotatable bonds is 5. The van der Waals surface area contributed by atoms with Crippen molar-refractivity contribution in [2.24, 2.45) is 5.92 Å². The topological polar surface area (TPSA) is 62.7 Å². The lowest BCUT2D eigenvalue weighted by Crippen LogP contribution is -2.43. The summed E-state index contributed by atoms with van der Waals surface area (Å²) in [6.07, 6.45) is 4.49. The van der Waals surface area contributed by atoms with E-state index in [0.717, 1.165) is 31.6 Å². The quantitative estimate of drug-likeness (QED) is 0.808. The second-order valence-electron chi connectivity index (χ2n) is 8.01.